The van der Waals surface area contributed by atoms with Gasteiger partial charge in [0.25, 0.3) is 0 Å². The first-order chi connectivity index (χ1) is 10.2. The van der Waals surface area contributed by atoms with Crippen LogP contribution < -0.4 is 0 Å². The third kappa shape index (κ3) is 3.11. The number of benzene rings is 1. The van der Waals surface area contributed by atoms with Crippen LogP contribution in [-0.4, -0.2) is 40.3 Å². The highest BCUT2D eigenvalue weighted by molar-refractivity contribution is 5.15. The molecule has 0 saturated heterocycles. The number of rotatable bonds is 5. The van der Waals surface area contributed by atoms with Crippen molar-refractivity contribution in [2.75, 3.05) is 0 Å². The molecule has 2 heterocycles. The normalized spacial score (nSPS) is 12.5. The van der Waals surface area contributed by atoms with Gasteiger partial charge in [-0.2, -0.15) is 0 Å². The second-order valence-electron chi connectivity index (χ2n) is 4.76. The van der Waals surface area contributed by atoms with Crippen LogP contribution in [0.1, 0.15) is 30.1 Å². The lowest BCUT2D eigenvalue weighted by Gasteiger charge is -2.04. The molecule has 1 N–H and O–H groups in total. The number of nitrogens with zero attached hydrogens (tertiary/aromatic N) is 7. The van der Waals surface area contributed by atoms with E-state index in [1.807, 2.05) is 30.3 Å². The van der Waals surface area contributed by atoms with Crippen molar-refractivity contribution in [3.8, 4) is 0 Å². The van der Waals surface area contributed by atoms with Gasteiger partial charge in [0, 0.05) is 0 Å². The van der Waals surface area contributed by atoms with Crippen molar-refractivity contribution in [3.63, 3.8) is 0 Å². The number of aliphatic hydroxyl groups is 1. The summed E-state index contributed by atoms with van der Waals surface area (Å²) in [5, 5.41) is 29.0. The van der Waals surface area contributed by atoms with Crippen LogP contribution in [0, 0.1) is 0 Å². The van der Waals surface area contributed by atoms with Crippen molar-refractivity contribution < 1.29 is 5.11 Å². The van der Waals surface area contributed by atoms with E-state index in [1.165, 1.54) is 0 Å². The topological polar surface area (TPSA) is 94.5 Å². The molecule has 3 aromatic rings. The fourth-order valence-corrected chi connectivity index (χ4v) is 1.94. The Hall–Kier alpha value is -2.61. The minimum absolute atomic E-state index is 0.402. The summed E-state index contributed by atoms with van der Waals surface area (Å²) < 4.78 is 3.33. The molecule has 8 heteroatoms. The molecule has 3 rings (SSSR count). The first-order valence-corrected chi connectivity index (χ1v) is 6.59. The molecule has 1 unspecified atom stereocenters. The van der Waals surface area contributed by atoms with Crippen molar-refractivity contribution in [1.82, 2.24) is 35.2 Å². The fraction of sp³-hybridized carbons (Fsp3) is 0.308. The molecule has 0 aliphatic carbocycles. The summed E-state index contributed by atoms with van der Waals surface area (Å²) in [5.41, 5.74) is 1.64. The molecular formula is C13H15N7O. The molecule has 0 saturated carbocycles. The summed E-state index contributed by atoms with van der Waals surface area (Å²) in [4.78, 5) is 0. The van der Waals surface area contributed by atoms with Crippen molar-refractivity contribution in [2.45, 2.75) is 26.1 Å². The quantitative estimate of drug-likeness (QED) is 0.730. The maximum absolute atomic E-state index is 9.45. The summed E-state index contributed by atoms with van der Waals surface area (Å²) in [6.45, 7) is 2.65. The van der Waals surface area contributed by atoms with Crippen LogP contribution >= 0.6 is 0 Å². The Kier molecular flexibility index (Phi) is 3.69. The zero-order chi connectivity index (χ0) is 14.7. The molecule has 0 aliphatic heterocycles. The maximum Gasteiger partial charge on any atom is 0.173 e. The Balaban J connectivity index is 1.76. The van der Waals surface area contributed by atoms with Crippen molar-refractivity contribution >= 4 is 0 Å². The first-order valence-electron chi connectivity index (χ1n) is 6.59. The second kappa shape index (κ2) is 5.80. The van der Waals surface area contributed by atoms with Gasteiger partial charge in [0.2, 0.25) is 0 Å². The highest BCUT2D eigenvalue weighted by atomic mass is 16.3. The van der Waals surface area contributed by atoms with Gasteiger partial charge >= 0.3 is 0 Å². The molecule has 0 amide bonds. The van der Waals surface area contributed by atoms with Gasteiger partial charge in [0.15, 0.2) is 5.82 Å². The van der Waals surface area contributed by atoms with Crippen LogP contribution in [0.25, 0.3) is 0 Å². The fourth-order valence-electron chi connectivity index (χ4n) is 1.94. The van der Waals surface area contributed by atoms with E-state index in [4.69, 9.17) is 0 Å². The van der Waals surface area contributed by atoms with Gasteiger partial charge in [-0.05, 0) is 22.9 Å². The van der Waals surface area contributed by atoms with E-state index < -0.39 is 6.10 Å². The van der Waals surface area contributed by atoms with Gasteiger partial charge in [0.05, 0.1) is 18.8 Å². The Morgan fingerprint density at radius 1 is 1.10 bits per heavy atom. The highest BCUT2D eigenvalue weighted by Crippen LogP contribution is 2.08. The standard InChI is InChI=1S/C13H15N7O/c1-10(21)12-8-19(17-14-12)9-13-15-16-18-20(13)7-11-5-3-2-4-6-11/h2-6,8,10,21H,7,9H2,1H3. The molecule has 0 fully saturated rings. The van der Waals surface area contributed by atoms with Crippen LogP contribution in [0.3, 0.4) is 0 Å². The van der Waals surface area contributed by atoms with E-state index in [1.54, 1.807) is 22.5 Å². The van der Waals surface area contributed by atoms with E-state index in [-0.39, 0.29) is 0 Å². The summed E-state index contributed by atoms with van der Waals surface area (Å²) in [6, 6.07) is 9.97. The number of aliphatic hydroxyl groups excluding tert-OH is 1. The molecule has 1 atom stereocenters. The Morgan fingerprint density at radius 2 is 1.90 bits per heavy atom. The average Bonchev–Trinajstić information content (AvgIpc) is 3.11. The lowest BCUT2D eigenvalue weighted by molar-refractivity contribution is 0.194. The number of tetrazole rings is 1. The Morgan fingerprint density at radius 3 is 2.62 bits per heavy atom. The van der Waals surface area contributed by atoms with Gasteiger partial charge in [-0.1, -0.05) is 35.5 Å². The van der Waals surface area contributed by atoms with Gasteiger partial charge in [-0.15, -0.1) is 10.2 Å². The molecular weight excluding hydrogens is 270 g/mol. The molecule has 108 valence electrons. The number of hydrogen-bond acceptors (Lipinski definition) is 6. The van der Waals surface area contributed by atoms with Crippen LogP contribution in [0.15, 0.2) is 36.5 Å². The number of aromatic nitrogens is 7. The first kappa shape index (κ1) is 13.4. The van der Waals surface area contributed by atoms with E-state index in [0.717, 1.165) is 5.56 Å². The lowest BCUT2D eigenvalue weighted by Crippen LogP contribution is -2.11. The molecule has 1 aromatic carbocycles. The van der Waals surface area contributed by atoms with Crippen LogP contribution in [0.5, 0.6) is 0 Å². The third-order valence-corrected chi connectivity index (χ3v) is 3.07. The maximum atomic E-state index is 9.45. The number of hydrogen-bond donors (Lipinski definition) is 1. The van der Waals surface area contributed by atoms with Crippen LogP contribution in [0.4, 0.5) is 0 Å². The zero-order valence-electron chi connectivity index (χ0n) is 11.5. The van der Waals surface area contributed by atoms with E-state index >= 15 is 0 Å². The van der Waals surface area contributed by atoms with Crippen molar-refractivity contribution in [1.29, 1.82) is 0 Å². The molecule has 0 aliphatic rings. The SMILES string of the molecule is CC(O)c1cn(Cc2nnnn2Cc2ccccc2)nn1. The largest absolute Gasteiger partial charge is 0.387 e. The van der Waals surface area contributed by atoms with Gasteiger partial charge in [0.1, 0.15) is 12.2 Å². The van der Waals surface area contributed by atoms with E-state index in [9.17, 15) is 5.11 Å². The van der Waals surface area contributed by atoms with Crippen molar-refractivity contribution in [2.24, 2.45) is 0 Å². The smallest absolute Gasteiger partial charge is 0.173 e. The third-order valence-electron chi connectivity index (χ3n) is 3.07. The predicted octanol–water partition coefficient (Wildman–Crippen LogP) is 0.414. The highest BCUT2D eigenvalue weighted by Gasteiger charge is 2.11. The van der Waals surface area contributed by atoms with Gasteiger partial charge in [-0.3, -0.25) is 0 Å². The Bertz CT molecular complexity index is 704. The summed E-state index contributed by atoms with van der Waals surface area (Å²) >= 11 is 0. The molecule has 8 nitrogen and oxygen atoms in total. The van der Waals surface area contributed by atoms with Crippen molar-refractivity contribution in [3.05, 3.63) is 53.6 Å². The van der Waals surface area contributed by atoms with Crippen LogP contribution in [0.2, 0.25) is 0 Å². The van der Waals surface area contributed by atoms with Gasteiger partial charge < -0.3 is 5.11 Å². The molecule has 0 radical (unpaired) electrons. The van der Waals surface area contributed by atoms with E-state index in [0.29, 0.717) is 24.6 Å². The second-order valence-corrected chi connectivity index (χ2v) is 4.76. The average molecular weight is 285 g/mol. The minimum Gasteiger partial charge on any atom is -0.387 e. The van der Waals surface area contributed by atoms with Crippen LogP contribution in [-0.2, 0) is 13.1 Å². The lowest BCUT2D eigenvalue weighted by atomic mass is 10.2. The minimum atomic E-state index is -0.640. The molecule has 0 bridgehead atoms. The van der Waals surface area contributed by atoms with E-state index in [2.05, 4.69) is 25.8 Å². The predicted molar refractivity (Wildman–Crippen MR) is 73.1 cm³/mol. The molecule has 2 aromatic heterocycles. The Labute approximate surface area is 121 Å². The summed E-state index contributed by atoms with van der Waals surface area (Å²) in [6.07, 6.45) is 1.05. The molecule has 21 heavy (non-hydrogen) atoms. The monoisotopic (exact) mass is 285 g/mol. The summed E-state index contributed by atoms with van der Waals surface area (Å²) in [5.74, 6) is 0.681. The zero-order valence-corrected chi connectivity index (χ0v) is 11.5. The van der Waals surface area contributed by atoms with Gasteiger partial charge in [-0.25, -0.2) is 9.36 Å². The summed E-state index contributed by atoms with van der Waals surface area (Å²) in [7, 11) is 0. The molecule has 0 spiro atoms.